The first-order chi connectivity index (χ1) is 16.9. The van der Waals surface area contributed by atoms with Gasteiger partial charge in [0, 0.05) is 25.2 Å². The van der Waals surface area contributed by atoms with Crippen molar-refractivity contribution in [1.29, 1.82) is 0 Å². The van der Waals surface area contributed by atoms with E-state index in [1.807, 2.05) is 0 Å². The molecule has 0 saturated carbocycles. The Kier molecular flexibility index (Phi) is 8.26. The van der Waals surface area contributed by atoms with Crippen molar-refractivity contribution in [3.05, 3.63) is 22.3 Å². The number of fused-ring (bicyclic) bond motifs is 1. The average molecular weight is 542 g/mol. The van der Waals surface area contributed by atoms with Gasteiger partial charge >= 0.3 is 11.9 Å². The number of nitrogens with zero attached hydrogens (tertiary/aromatic N) is 3. The molecular formula is C21H27N5O8S2. The standard InChI is InChI=1S/C21H27N5O8S2/c1-9(34-19(30)21(2,3)4)33-18(29)14-10(6-32-5)7-35-17-13(16(28)26(14)17)24-15(27)12(25-31)11-8-36-20(22)23-11/h8-9,13,17,31H,6-7H2,1-5H3,(H2,22,23)(H,24,27)/t9?,13?,17-/m0/s1. The third-order valence-corrected chi connectivity index (χ3v) is 7.10. The maximum absolute atomic E-state index is 13.0. The molecule has 2 unspecified atom stereocenters. The number of rotatable bonds is 8. The summed E-state index contributed by atoms with van der Waals surface area (Å²) in [5, 5.41) is 15.8. The topological polar surface area (TPSA) is 183 Å². The number of methoxy groups -OCH3 is 1. The Bertz CT molecular complexity index is 1130. The minimum Gasteiger partial charge on any atom is -0.425 e. The molecule has 2 amide bonds. The maximum atomic E-state index is 13.0. The smallest absolute Gasteiger partial charge is 0.358 e. The van der Waals surface area contributed by atoms with Gasteiger partial charge in [-0.05, 0) is 26.3 Å². The van der Waals surface area contributed by atoms with Crippen LogP contribution >= 0.6 is 23.1 Å². The Morgan fingerprint density at radius 2 is 2.06 bits per heavy atom. The van der Waals surface area contributed by atoms with Gasteiger partial charge in [0.2, 0.25) is 6.29 Å². The molecule has 3 atom stereocenters. The number of esters is 2. The molecule has 1 saturated heterocycles. The van der Waals surface area contributed by atoms with Gasteiger partial charge in [0.25, 0.3) is 11.8 Å². The predicted molar refractivity (Wildman–Crippen MR) is 130 cm³/mol. The van der Waals surface area contributed by atoms with E-state index in [9.17, 15) is 24.4 Å². The second kappa shape index (κ2) is 10.8. The highest BCUT2D eigenvalue weighted by molar-refractivity contribution is 8.00. The first-order valence-electron chi connectivity index (χ1n) is 10.7. The van der Waals surface area contributed by atoms with Crippen molar-refractivity contribution in [2.24, 2.45) is 10.6 Å². The summed E-state index contributed by atoms with van der Waals surface area (Å²) in [5.41, 5.74) is 4.90. The van der Waals surface area contributed by atoms with Crippen molar-refractivity contribution in [3.63, 3.8) is 0 Å². The van der Waals surface area contributed by atoms with Gasteiger partial charge in [0.05, 0.1) is 12.0 Å². The fraction of sp³-hybridized carbons (Fsp3) is 0.524. The highest BCUT2D eigenvalue weighted by Crippen LogP contribution is 2.41. The first-order valence-corrected chi connectivity index (χ1v) is 12.6. The summed E-state index contributed by atoms with van der Waals surface area (Å²) >= 11 is 2.37. The van der Waals surface area contributed by atoms with Crippen molar-refractivity contribution in [3.8, 4) is 0 Å². The zero-order valence-corrected chi connectivity index (χ0v) is 21.9. The highest BCUT2D eigenvalue weighted by atomic mass is 32.2. The van der Waals surface area contributed by atoms with E-state index in [4.69, 9.17) is 19.9 Å². The van der Waals surface area contributed by atoms with Crippen LogP contribution in [0.15, 0.2) is 21.8 Å². The summed E-state index contributed by atoms with van der Waals surface area (Å²) in [6, 6.07) is -1.00. The summed E-state index contributed by atoms with van der Waals surface area (Å²) in [5.74, 6) is -2.51. The molecule has 2 aliphatic rings. The summed E-state index contributed by atoms with van der Waals surface area (Å²) in [6.07, 6.45) is -1.20. The van der Waals surface area contributed by atoms with Crippen molar-refractivity contribution < 1.29 is 38.6 Å². The number of thiazole rings is 1. The van der Waals surface area contributed by atoms with Gasteiger partial charge in [-0.2, -0.15) is 0 Å². The molecule has 1 fully saturated rings. The van der Waals surface area contributed by atoms with E-state index in [0.29, 0.717) is 11.3 Å². The number of amides is 2. The molecule has 196 valence electrons. The van der Waals surface area contributed by atoms with Crippen LogP contribution < -0.4 is 11.1 Å². The number of hydrogen-bond acceptors (Lipinski definition) is 13. The van der Waals surface area contributed by atoms with Crippen molar-refractivity contribution >= 4 is 57.7 Å². The summed E-state index contributed by atoms with van der Waals surface area (Å²) in [7, 11) is 1.45. The Morgan fingerprint density at radius 3 is 2.61 bits per heavy atom. The number of β-lactam (4-membered cyclic amide) rings is 1. The van der Waals surface area contributed by atoms with Crippen LogP contribution in [0.1, 0.15) is 33.4 Å². The molecule has 36 heavy (non-hydrogen) atoms. The Labute approximate surface area is 215 Å². The number of hydrogen-bond donors (Lipinski definition) is 3. The number of carbonyl (C=O) groups is 4. The third-order valence-electron chi connectivity index (χ3n) is 5.08. The lowest BCUT2D eigenvalue weighted by Gasteiger charge is -2.49. The van der Waals surface area contributed by atoms with Crippen LogP contribution in [0.2, 0.25) is 0 Å². The molecule has 0 radical (unpaired) electrons. The highest BCUT2D eigenvalue weighted by Gasteiger charge is 2.55. The minimum atomic E-state index is -1.20. The molecule has 0 bridgehead atoms. The molecule has 1 aromatic rings. The molecule has 4 N–H and O–H groups in total. The number of nitrogen functional groups attached to an aromatic ring is 1. The number of ether oxygens (including phenoxy) is 3. The fourth-order valence-corrected chi connectivity index (χ4v) is 5.21. The third kappa shape index (κ3) is 5.63. The zero-order valence-electron chi connectivity index (χ0n) is 20.3. The van der Waals surface area contributed by atoms with E-state index >= 15 is 0 Å². The molecule has 0 spiro atoms. The number of carbonyl (C=O) groups excluding carboxylic acids is 4. The van der Waals surface area contributed by atoms with Crippen LogP contribution in [-0.4, -0.2) is 81.7 Å². The average Bonchev–Trinajstić information content (AvgIpc) is 3.22. The normalized spacial score (nSPS) is 20.9. The Balaban J connectivity index is 1.75. The number of oxime groups is 1. The largest absolute Gasteiger partial charge is 0.425 e. The molecular weight excluding hydrogens is 514 g/mol. The number of nitrogens with one attached hydrogen (secondary N) is 1. The van der Waals surface area contributed by atoms with Gasteiger partial charge in [-0.15, -0.1) is 23.1 Å². The van der Waals surface area contributed by atoms with Crippen LogP contribution in [0, 0.1) is 5.41 Å². The second-order valence-corrected chi connectivity index (χ2v) is 10.9. The summed E-state index contributed by atoms with van der Waals surface area (Å²) < 4.78 is 15.7. The van der Waals surface area contributed by atoms with Gasteiger partial charge < -0.3 is 30.5 Å². The molecule has 0 aromatic carbocycles. The van der Waals surface area contributed by atoms with Crippen LogP contribution in [0.3, 0.4) is 0 Å². The molecule has 2 aliphatic heterocycles. The van der Waals surface area contributed by atoms with Crippen LogP contribution in [0.25, 0.3) is 0 Å². The maximum Gasteiger partial charge on any atom is 0.358 e. The van der Waals surface area contributed by atoms with Crippen molar-refractivity contribution in [2.45, 2.75) is 45.4 Å². The van der Waals surface area contributed by atoms with E-state index in [1.165, 1.54) is 36.1 Å². The number of anilines is 1. The zero-order chi connectivity index (χ0) is 26.8. The number of aromatic nitrogens is 1. The summed E-state index contributed by atoms with van der Waals surface area (Å²) in [4.78, 5) is 56.0. The number of nitrogens with two attached hydrogens (primary N) is 1. The monoisotopic (exact) mass is 541 g/mol. The SMILES string of the molecule is COCC1=C(C(=O)OC(C)OC(=O)C(C)(C)C)N2C(=O)C(NC(=O)C(=NO)c3csc(N)n3)[C@@H]2SC1. The molecule has 3 rings (SSSR count). The lowest BCUT2D eigenvalue weighted by atomic mass is 9.97. The van der Waals surface area contributed by atoms with Crippen molar-refractivity contribution in [2.75, 3.05) is 25.2 Å². The molecule has 1 aromatic heterocycles. The predicted octanol–water partition coefficient (Wildman–Crippen LogP) is 0.683. The van der Waals surface area contributed by atoms with Gasteiger partial charge in [-0.3, -0.25) is 19.3 Å². The quantitative estimate of drug-likeness (QED) is 0.105. The second-order valence-electron chi connectivity index (χ2n) is 8.89. The van der Waals surface area contributed by atoms with Gasteiger partial charge in [-0.1, -0.05) is 5.16 Å². The molecule has 13 nitrogen and oxygen atoms in total. The van der Waals surface area contributed by atoms with Crippen molar-refractivity contribution in [1.82, 2.24) is 15.2 Å². The van der Waals surface area contributed by atoms with Gasteiger partial charge in [-0.25, -0.2) is 9.78 Å². The van der Waals surface area contributed by atoms with E-state index in [0.717, 1.165) is 11.3 Å². The Hall–Kier alpha value is -3.17. The van der Waals surface area contributed by atoms with Crippen LogP contribution in [-0.2, 0) is 33.4 Å². The molecule has 15 heteroatoms. The van der Waals surface area contributed by atoms with E-state index in [-0.39, 0.29) is 23.1 Å². The summed E-state index contributed by atoms with van der Waals surface area (Å²) in [6.45, 7) is 6.45. The Morgan fingerprint density at radius 1 is 1.36 bits per heavy atom. The van der Waals surface area contributed by atoms with E-state index < -0.39 is 52.6 Å². The van der Waals surface area contributed by atoms with E-state index in [1.54, 1.807) is 20.8 Å². The van der Waals surface area contributed by atoms with Gasteiger partial charge in [0.1, 0.15) is 22.8 Å². The lowest BCUT2D eigenvalue weighted by Crippen LogP contribution is -2.71. The first kappa shape index (κ1) is 27.4. The van der Waals surface area contributed by atoms with Crippen LogP contribution in [0.5, 0.6) is 0 Å². The van der Waals surface area contributed by atoms with E-state index in [2.05, 4.69) is 15.5 Å². The molecule has 0 aliphatic carbocycles. The molecule has 3 heterocycles. The number of thioether (sulfide) groups is 1. The minimum absolute atomic E-state index is 0.0296. The lowest BCUT2D eigenvalue weighted by molar-refractivity contribution is -0.190. The fourth-order valence-electron chi connectivity index (χ4n) is 3.33. The van der Waals surface area contributed by atoms with Crippen LogP contribution in [0.4, 0.5) is 5.13 Å². The van der Waals surface area contributed by atoms with Gasteiger partial charge in [0.15, 0.2) is 10.8 Å².